The van der Waals surface area contributed by atoms with E-state index in [1.54, 1.807) is 18.3 Å². The highest BCUT2D eigenvalue weighted by Crippen LogP contribution is 2.29. The Morgan fingerprint density at radius 3 is 2.96 bits per heavy atom. The molecule has 2 aromatic heterocycles. The maximum Gasteiger partial charge on any atom is 0.291 e. The van der Waals surface area contributed by atoms with E-state index in [-0.39, 0.29) is 11.6 Å². The molecule has 5 nitrogen and oxygen atoms in total. The van der Waals surface area contributed by atoms with Gasteiger partial charge in [-0.25, -0.2) is 5.43 Å². The SMILES string of the molecule is O=C(N/N=C/c1cccc(Br)c1)c1cc(-c2ccc(Cl)s2)[nH]n1. The summed E-state index contributed by atoms with van der Waals surface area (Å²) < 4.78 is 1.62. The van der Waals surface area contributed by atoms with Gasteiger partial charge in [0.1, 0.15) is 0 Å². The molecular formula is C15H10BrClN4OS. The second-order valence-electron chi connectivity index (χ2n) is 4.52. The predicted molar refractivity (Wildman–Crippen MR) is 96.1 cm³/mol. The van der Waals surface area contributed by atoms with Crippen molar-refractivity contribution in [1.82, 2.24) is 15.6 Å². The molecule has 23 heavy (non-hydrogen) atoms. The number of aromatic amines is 1. The zero-order valence-electron chi connectivity index (χ0n) is 11.6. The molecule has 2 heterocycles. The first-order chi connectivity index (χ1) is 11.1. The number of hydrogen-bond donors (Lipinski definition) is 2. The smallest absolute Gasteiger partial charge is 0.276 e. The molecule has 0 fully saturated rings. The molecule has 0 radical (unpaired) electrons. The molecule has 0 bridgehead atoms. The monoisotopic (exact) mass is 408 g/mol. The van der Waals surface area contributed by atoms with Crippen LogP contribution >= 0.6 is 38.9 Å². The highest BCUT2D eigenvalue weighted by molar-refractivity contribution is 9.10. The molecule has 0 atom stereocenters. The maximum atomic E-state index is 12.0. The summed E-state index contributed by atoms with van der Waals surface area (Å²) in [5, 5.41) is 10.7. The van der Waals surface area contributed by atoms with Gasteiger partial charge in [-0.3, -0.25) is 9.89 Å². The fourth-order valence-corrected chi connectivity index (χ4v) is 3.26. The number of hydrazone groups is 1. The van der Waals surface area contributed by atoms with Crippen molar-refractivity contribution in [3.05, 3.63) is 62.5 Å². The Hall–Kier alpha value is -1.96. The molecule has 1 aromatic carbocycles. The van der Waals surface area contributed by atoms with E-state index in [1.165, 1.54) is 11.3 Å². The standard InChI is InChI=1S/C15H10BrClN4OS/c16-10-3-1-2-9(6-10)8-18-21-15(22)12-7-11(19-20-12)13-4-5-14(17)23-13/h1-8H,(H,19,20)(H,21,22)/b18-8+. The Morgan fingerprint density at radius 1 is 1.35 bits per heavy atom. The van der Waals surface area contributed by atoms with Crippen LogP contribution in [0.15, 0.2) is 52.0 Å². The summed E-state index contributed by atoms with van der Waals surface area (Å²) in [7, 11) is 0. The number of thiophene rings is 1. The number of halogens is 2. The van der Waals surface area contributed by atoms with Gasteiger partial charge in [0.15, 0.2) is 5.69 Å². The Morgan fingerprint density at radius 2 is 2.22 bits per heavy atom. The lowest BCUT2D eigenvalue weighted by molar-refractivity contribution is 0.0950. The van der Waals surface area contributed by atoms with Crippen LogP contribution in [0.3, 0.4) is 0 Å². The molecule has 0 saturated heterocycles. The van der Waals surface area contributed by atoms with Crippen LogP contribution in [0.2, 0.25) is 4.34 Å². The summed E-state index contributed by atoms with van der Waals surface area (Å²) in [5.41, 5.74) is 4.32. The molecule has 0 aliphatic rings. The number of carbonyl (C=O) groups excluding carboxylic acids is 1. The molecule has 1 amide bonds. The van der Waals surface area contributed by atoms with Crippen molar-refractivity contribution in [3.8, 4) is 10.6 Å². The lowest BCUT2D eigenvalue weighted by Gasteiger charge is -1.96. The second kappa shape index (κ2) is 7.08. The van der Waals surface area contributed by atoms with Crippen LogP contribution in [0, 0.1) is 0 Å². The quantitative estimate of drug-likeness (QED) is 0.498. The lowest BCUT2D eigenvalue weighted by Crippen LogP contribution is -2.17. The van der Waals surface area contributed by atoms with Crippen molar-refractivity contribution in [3.63, 3.8) is 0 Å². The molecule has 0 aliphatic heterocycles. The van der Waals surface area contributed by atoms with Gasteiger partial charge in [-0.2, -0.15) is 10.2 Å². The first-order valence-electron chi connectivity index (χ1n) is 6.52. The lowest BCUT2D eigenvalue weighted by atomic mass is 10.2. The van der Waals surface area contributed by atoms with Crippen molar-refractivity contribution >= 4 is 51.0 Å². The Labute approximate surface area is 149 Å². The Bertz CT molecular complexity index is 874. The van der Waals surface area contributed by atoms with Gasteiger partial charge in [-0.05, 0) is 35.9 Å². The molecule has 2 N–H and O–H groups in total. The number of rotatable bonds is 4. The van der Waals surface area contributed by atoms with Crippen molar-refractivity contribution in [2.75, 3.05) is 0 Å². The number of nitrogens with one attached hydrogen (secondary N) is 2. The molecule has 3 aromatic rings. The number of nitrogens with zero attached hydrogens (tertiary/aromatic N) is 2. The van der Waals surface area contributed by atoms with Crippen LogP contribution in [-0.2, 0) is 0 Å². The Balaban J connectivity index is 1.66. The number of carbonyl (C=O) groups is 1. The van der Waals surface area contributed by atoms with Crippen molar-refractivity contribution in [2.24, 2.45) is 5.10 Å². The van der Waals surface area contributed by atoms with Crippen LogP contribution in [0.4, 0.5) is 0 Å². The van der Waals surface area contributed by atoms with Gasteiger partial charge in [0.25, 0.3) is 5.91 Å². The minimum absolute atomic E-state index is 0.260. The molecule has 8 heteroatoms. The Kier molecular flexibility index (Phi) is 4.90. The first-order valence-corrected chi connectivity index (χ1v) is 8.50. The van der Waals surface area contributed by atoms with E-state index in [4.69, 9.17) is 11.6 Å². The number of benzene rings is 1. The largest absolute Gasteiger partial charge is 0.291 e. The molecule has 3 rings (SSSR count). The topological polar surface area (TPSA) is 70.1 Å². The van der Waals surface area contributed by atoms with Gasteiger partial charge >= 0.3 is 0 Å². The summed E-state index contributed by atoms with van der Waals surface area (Å²) >= 11 is 10.7. The van der Waals surface area contributed by atoms with Gasteiger partial charge in [0.2, 0.25) is 0 Å². The van der Waals surface area contributed by atoms with Crippen LogP contribution < -0.4 is 5.43 Å². The van der Waals surface area contributed by atoms with Crippen LogP contribution in [0.25, 0.3) is 10.6 Å². The average molecular weight is 410 g/mol. The molecular weight excluding hydrogens is 400 g/mol. The highest BCUT2D eigenvalue weighted by Gasteiger charge is 2.11. The van der Waals surface area contributed by atoms with Gasteiger partial charge < -0.3 is 0 Å². The molecule has 0 aliphatic carbocycles. The van der Waals surface area contributed by atoms with Crippen LogP contribution in [-0.4, -0.2) is 22.3 Å². The maximum absolute atomic E-state index is 12.0. The van der Waals surface area contributed by atoms with E-state index < -0.39 is 0 Å². The zero-order chi connectivity index (χ0) is 16.2. The second-order valence-corrected chi connectivity index (χ2v) is 7.16. The van der Waals surface area contributed by atoms with Crippen LogP contribution in [0.1, 0.15) is 16.1 Å². The van der Waals surface area contributed by atoms with Crippen molar-refractivity contribution in [2.45, 2.75) is 0 Å². The van der Waals surface area contributed by atoms with E-state index in [2.05, 4.69) is 36.7 Å². The summed E-state index contributed by atoms with van der Waals surface area (Å²) in [6.07, 6.45) is 1.56. The van der Waals surface area contributed by atoms with Gasteiger partial charge in [-0.15, -0.1) is 11.3 Å². The number of H-pyrrole nitrogens is 1. The predicted octanol–water partition coefficient (Wildman–Crippen LogP) is 4.32. The summed E-state index contributed by atoms with van der Waals surface area (Å²) in [6, 6.07) is 12.9. The minimum atomic E-state index is -0.388. The van der Waals surface area contributed by atoms with Crippen molar-refractivity contribution < 1.29 is 4.79 Å². The minimum Gasteiger partial charge on any atom is -0.276 e. The average Bonchev–Trinajstić information content (AvgIpc) is 3.16. The number of aromatic nitrogens is 2. The highest BCUT2D eigenvalue weighted by atomic mass is 79.9. The van der Waals surface area contributed by atoms with E-state index >= 15 is 0 Å². The van der Waals surface area contributed by atoms with E-state index in [1.807, 2.05) is 30.3 Å². The molecule has 0 saturated carbocycles. The molecule has 116 valence electrons. The zero-order valence-corrected chi connectivity index (χ0v) is 14.7. The fourth-order valence-electron chi connectivity index (χ4n) is 1.83. The molecule has 0 unspecified atom stereocenters. The summed E-state index contributed by atoms with van der Waals surface area (Å²) in [5.74, 6) is -0.388. The van der Waals surface area contributed by atoms with Gasteiger partial charge in [0, 0.05) is 4.47 Å². The number of amides is 1. The van der Waals surface area contributed by atoms with Gasteiger partial charge in [-0.1, -0.05) is 39.7 Å². The third kappa shape index (κ3) is 4.07. The van der Waals surface area contributed by atoms with Crippen LogP contribution in [0.5, 0.6) is 0 Å². The summed E-state index contributed by atoms with van der Waals surface area (Å²) in [6.45, 7) is 0. The van der Waals surface area contributed by atoms with E-state index in [9.17, 15) is 4.79 Å². The van der Waals surface area contributed by atoms with Gasteiger partial charge in [0.05, 0.1) is 21.1 Å². The van der Waals surface area contributed by atoms with E-state index in [0.29, 0.717) is 4.34 Å². The van der Waals surface area contributed by atoms with Crippen molar-refractivity contribution in [1.29, 1.82) is 0 Å². The van der Waals surface area contributed by atoms with E-state index in [0.717, 1.165) is 20.6 Å². The fraction of sp³-hybridized carbons (Fsp3) is 0. The molecule has 0 spiro atoms. The number of hydrogen-bond acceptors (Lipinski definition) is 4. The normalized spacial score (nSPS) is 11.0. The summed E-state index contributed by atoms with van der Waals surface area (Å²) in [4.78, 5) is 12.9. The third-order valence-corrected chi connectivity index (χ3v) is 4.64. The third-order valence-electron chi connectivity index (χ3n) is 2.88. The first kappa shape index (κ1) is 15.9.